The van der Waals surface area contributed by atoms with E-state index in [1.807, 2.05) is 19.9 Å². The molecular formula is C11H16FN. The standard InChI is InChI=1S/C11H16FN/c1-3-9-7-11(12)5-4-10(9)6-8(2)13/h4-5,7-8H,3,6,13H2,1-2H3/t8-/m1/s1. The van der Waals surface area contributed by atoms with Gasteiger partial charge in [-0.2, -0.15) is 0 Å². The van der Waals surface area contributed by atoms with E-state index in [2.05, 4.69) is 0 Å². The van der Waals surface area contributed by atoms with E-state index in [1.165, 1.54) is 11.6 Å². The molecule has 0 bridgehead atoms. The summed E-state index contributed by atoms with van der Waals surface area (Å²) in [5.74, 6) is -0.162. The molecule has 0 heterocycles. The smallest absolute Gasteiger partial charge is 0.123 e. The summed E-state index contributed by atoms with van der Waals surface area (Å²) in [4.78, 5) is 0. The minimum absolute atomic E-state index is 0.135. The Labute approximate surface area is 78.8 Å². The highest BCUT2D eigenvalue weighted by Crippen LogP contribution is 2.13. The average Bonchev–Trinajstić information content (AvgIpc) is 2.07. The van der Waals surface area contributed by atoms with Gasteiger partial charge in [0.15, 0.2) is 0 Å². The molecule has 1 atom stereocenters. The van der Waals surface area contributed by atoms with Gasteiger partial charge in [0.05, 0.1) is 0 Å². The fourth-order valence-electron chi connectivity index (χ4n) is 1.47. The largest absolute Gasteiger partial charge is 0.328 e. The Morgan fingerprint density at radius 3 is 2.62 bits per heavy atom. The summed E-state index contributed by atoms with van der Waals surface area (Å²) >= 11 is 0. The van der Waals surface area contributed by atoms with Gasteiger partial charge in [0.1, 0.15) is 5.82 Å². The third-order valence-electron chi connectivity index (χ3n) is 2.09. The Kier molecular flexibility index (Phi) is 3.43. The highest BCUT2D eigenvalue weighted by atomic mass is 19.1. The molecule has 72 valence electrons. The van der Waals surface area contributed by atoms with E-state index in [0.717, 1.165) is 18.4 Å². The SMILES string of the molecule is CCc1cc(F)ccc1C[C@@H](C)N. The maximum atomic E-state index is 12.8. The zero-order valence-electron chi connectivity index (χ0n) is 8.18. The van der Waals surface area contributed by atoms with Crippen LogP contribution < -0.4 is 5.73 Å². The summed E-state index contributed by atoms with van der Waals surface area (Å²) in [7, 11) is 0. The van der Waals surface area contributed by atoms with Gasteiger partial charge in [0.25, 0.3) is 0 Å². The molecule has 0 unspecified atom stereocenters. The lowest BCUT2D eigenvalue weighted by Gasteiger charge is -2.10. The average molecular weight is 181 g/mol. The molecule has 0 amide bonds. The molecule has 2 heteroatoms. The van der Waals surface area contributed by atoms with Crippen molar-refractivity contribution >= 4 is 0 Å². The minimum atomic E-state index is -0.162. The van der Waals surface area contributed by atoms with Gasteiger partial charge in [-0.25, -0.2) is 4.39 Å². The topological polar surface area (TPSA) is 26.0 Å². The number of halogens is 1. The van der Waals surface area contributed by atoms with Crippen molar-refractivity contribution in [1.82, 2.24) is 0 Å². The second kappa shape index (κ2) is 4.38. The highest BCUT2D eigenvalue weighted by Gasteiger charge is 2.04. The van der Waals surface area contributed by atoms with E-state index in [-0.39, 0.29) is 11.9 Å². The van der Waals surface area contributed by atoms with Gasteiger partial charge in [-0.05, 0) is 43.0 Å². The minimum Gasteiger partial charge on any atom is -0.328 e. The van der Waals surface area contributed by atoms with Crippen molar-refractivity contribution in [2.24, 2.45) is 5.73 Å². The predicted octanol–water partition coefficient (Wildman–Crippen LogP) is 2.28. The van der Waals surface area contributed by atoms with Gasteiger partial charge in [0, 0.05) is 6.04 Å². The van der Waals surface area contributed by atoms with Gasteiger partial charge >= 0.3 is 0 Å². The van der Waals surface area contributed by atoms with E-state index < -0.39 is 0 Å². The van der Waals surface area contributed by atoms with E-state index in [9.17, 15) is 4.39 Å². The van der Waals surface area contributed by atoms with Crippen LogP contribution in [0, 0.1) is 5.82 Å². The molecule has 0 radical (unpaired) electrons. The molecule has 0 saturated heterocycles. The molecule has 0 aliphatic carbocycles. The van der Waals surface area contributed by atoms with Crippen molar-refractivity contribution in [1.29, 1.82) is 0 Å². The number of hydrogen-bond acceptors (Lipinski definition) is 1. The Morgan fingerprint density at radius 1 is 1.38 bits per heavy atom. The first-order chi connectivity index (χ1) is 6.13. The van der Waals surface area contributed by atoms with Crippen molar-refractivity contribution < 1.29 is 4.39 Å². The fraction of sp³-hybridized carbons (Fsp3) is 0.455. The lowest BCUT2D eigenvalue weighted by Crippen LogP contribution is -2.18. The van der Waals surface area contributed by atoms with Crippen molar-refractivity contribution in [3.8, 4) is 0 Å². The zero-order valence-corrected chi connectivity index (χ0v) is 8.18. The van der Waals surface area contributed by atoms with Crippen LogP contribution in [0.5, 0.6) is 0 Å². The van der Waals surface area contributed by atoms with Crippen LogP contribution in [0.4, 0.5) is 4.39 Å². The maximum absolute atomic E-state index is 12.8. The molecule has 1 aromatic carbocycles. The van der Waals surface area contributed by atoms with Crippen LogP contribution in [0.2, 0.25) is 0 Å². The third kappa shape index (κ3) is 2.81. The summed E-state index contributed by atoms with van der Waals surface area (Å²) < 4.78 is 12.8. The lowest BCUT2D eigenvalue weighted by atomic mass is 9.99. The number of nitrogens with two attached hydrogens (primary N) is 1. The van der Waals surface area contributed by atoms with Crippen LogP contribution in [0.3, 0.4) is 0 Å². The second-order valence-corrected chi connectivity index (χ2v) is 3.45. The first kappa shape index (κ1) is 10.2. The number of rotatable bonds is 3. The monoisotopic (exact) mass is 181 g/mol. The zero-order chi connectivity index (χ0) is 9.84. The van der Waals surface area contributed by atoms with Crippen LogP contribution in [-0.4, -0.2) is 6.04 Å². The summed E-state index contributed by atoms with van der Waals surface area (Å²) in [6.07, 6.45) is 1.68. The van der Waals surface area contributed by atoms with Crippen LogP contribution in [-0.2, 0) is 12.8 Å². The van der Waals surface area contributed by atoms with Crippen LogP contribution in [0.25, 0.3) is 0 Å². The Balaban J connectivity index is 2.92. The summed E-state index contributed by atoms with van der Waals surface area (Å²) in [5.41, 5.74) is 7.92. The molecule has 0 fully saturated rings. The lowest BCUT2D eigenvalue weighted by molar-refractivity contribution is 0.623. The van der Waals surface area contributed by atoms with E-state index >= 15 is 0 Å². The quantitative estimate of drug-likeness (QED) is 0.760. The summed E-state index contributed by atoms with van der Waals surface area (Å²) in [6, 6.07) is 5.06. The van der Waals surface area contributed by atoms with Gasteiger partial charge in [-0.3, -0.25) is 0 Å². The molecule has 0 aromatic heterocycles. The van der Waals surface area contributed by atoms with Gasteiger partial charge in [-0.15, -0.1) is 0 Å². The first-order valence-electron chi connectivity index (χ1n) is 4.66. The predicted molar refractivity (Wildman–Crippen MR) is 53.1 cm³/mol. The van der Waals surface area contributed by atoms with Crippen molar-refractivity contribution in [3.05, 3.63) is 35.1 Å². The van der Waals surface area contributed by atoms with E-state index in [4.69, 9.17) is 5.73 Å². The molecule has 13 heavy (non-hydrogen) atoms. The summed E-state index contributed by atoms with van der Waals surface area (Å²) in [6.45, 7) is 3.99. The second-order valence-electron chi connectivity index (χ2n) is 3.45. The number of hydrogen-bond donors (Lipinski definition) is 1. The highest BCUT2D eigenvalue weighted by molar-refractivity contribution is 5.28. The van der Waals surface area contributed by atoms with E-state index in [1.54, 1.807) is 6.07 Å². The number of aryl methyl sites for hydroxylation is 1. The Bertz CT molecular complexity index is 281. The first-order valence-corrected chi connectivity index (χ1v) is 4.66. The molecule has 2 N–H and O–H groups in total. The van der Waals surface area contributed by atoms with Gasteiger partial charge in [-0.1, -0.05) is 13.0 Å². The molecule has 0 spiro atoms. The molecule has 1 nitrogen and oxygen atoms in total. The van der Waals surface area contributed by atoms with Crippen molar-refractivity contribution in [3.63, 3.8) is 0 Å². The molecule has 1 aromatic rings. The normalized spacial score (nSPS) is 12.9. The van der Waals surface area contributed by atoms with Crippen LogP contribution in [0.1, 0.15) is 25.0 Å². The van der Waals surface area contributed by atoms with Crippen molar-refractivity contribution in [2.45, 2.75) is 32.7 Å². The van der Waals surface area contributed by atoms with Gasteiger partial charge < -0.3 is 5.73 Å². The van der Waals surface area contributed by atoms with Crippen LogP contribution >= 0.6 is 0 Å². The Morgan fingerprint density at radius 2 is 2.08 bits per heavy atom. The maximum Gasteiger partial charge on any atom is 0.123 e. The number of benzene rings is 1. The molecule has 0 aliphatic rings. The molecular weight excluding hydrogens is 165 g/mol. The Hall–Kier alpha value is -0.890. The molecule has 0 saturated carbocycles. The molecule has 1 rings (SSSR count). The molecule has 0 aliphatic heterocycles. The van der Waals surface area contributed by atoms with Crippen molar-refractivity contribution in [2.75, 3.05) is 0 Å². The van der Waals surface area contributed by atoms with Crippen LogP contribution in [0.15, 0.2) is 18.2 Å². The third-order valence-corrected chi connectivity index (χ3v) is 2.09. The summed E-state index contributed by atoms with van der Waals surface area (Å²) in [5, 5.41) is 0. The fourth-order valence-corrected chi connectivity index (χ4v) is 1.47. The van der Waals surface area contributed by atoms with Gasteiger partial charge in [0.2, 0.25) is 0 Å². The van der Waals surface area contributed by atoms with E-state index in [0.29, 0.717) is 0 Å².